The van der Waals surface area contributed by atoms with Gasteiger partial charge in [-0.3, -0.25) is 39.0 Å². The van der Waals surface area contributed by atoms with Crippen LogP contribution in [0.15, 0.2) is 60.8 Å². The van der Waals surface area contributed by atoms with Gasteiger partial charge in [-0.1, -0.05) is 29.8 Å². The molecule has 0 aliphatic carbocycles. The Hall–Kier alpha value is -5.30. The van der Waals surface area contributed by atoms with Gasteiger partial charge in [0.05, 0.1) is 144 Å². The van der Waals surface area contributed by atoms with Crippen molar-refractivity contribution in [3.63, 3.8) is 0 Å². The van der Waals surface area contributed by atoms with Crippen molar-refractivity contribution in [1.29, 1.82) is 0 Å². The molecule has 2 heterocycles. The zero-order valence-electron chi connectivity index (χ0n) is 47.4. The molecule has 83 heavy (non-hydrogen) atoms. The van der Waals surface area contributed by atoms with Crippen molar-refractivity contribution in [3.8, 4) is 16.9 Å². The molecular weight excluding hydrogens is 1120 g/mol. The summed E-state index contributed by atoms with van der Waals surface area (Å²) in [7, 11) is 1.56. The third-order valence-electron chi connectivity index (χ3n) is 12.6. The average Bonchev–Trinajstić information content (AvgIpc) is 3.60. The molecule has 2 amide bonds. The van der Waals surface area contributed by atoms with E-state index in [0.717, 1.165) is 24.8 Å². The number of hydrogen-bond acceptors (Lipinski definition) is 20. The lowest BCUT2D eigenvalue weighted by atomic mass is 10.0. The average molecular weight is 1200 g/mol. The highest BCUT2D eigenvalue weighted by atomic mass is 35.5. The fraction of sp³-hybridized carbons (Fsp3) is 0.607. The second-order valence-electron chi connectivity index (χ2n) is 18.7. The predicted octanol–water partition coefficient (Wildman–Crippen LogP) is 2.97. The van der Waals surface area contributed by atoms with E-state index in [-0.39, 0.29) is 49.2 Å². The summed E-state index contributed by atoms with van der Waals surface area (Å²) in [6.45, 7) is 13.5. The summed E-state index contributed by atoms with van der Waals surface area (Å²) in [5.41, 5.74) is 0.280. The number of benzene rings is 2. The van der Waals surface area contributed by atoms with Gasteiger partial charge in [0.15, 0.2) is 0 Å². The van der Waals surface area contributed by atoms with Gasteiger partial charge in [-0.25, -0.2) is 0 Å². The van der Waals surface area contributed by atoms with E-state index in [9.17, 15) is 42.3 Å². The number of carbonyl (C=O) groups is 5. The molecule has 1 saturated heterocycles. The maximum atomic E-state index is 13.6. The zero-order valence-corrected chi connectivity index (χ0v) is 48.2. The maximum Gasteiger partial charge on any atom is 0.433 e. The van der Waals surface area contributed by atoms with Crippen LogP contribution in [0.5, 0.6) is 5.75 Å². The van der Waals surface area contributed by atoms with Gasteiger partial charge in [0.25, 0.3) is 5.91 Å². The number of carbonyl (C=O) groups excluding carboxylic acids is 4. The summed E-state index contributed by atoms with van der Waals surface area (Å²) in [6.07, 6.45) is -1.74. The van der Waals surface area contributed by atoms with Crippen molar-refractivity contribution in [3.05, 3.63) is 77.1 Å². The van der Waals surface area contributed by atoms with Crippen LogP contribution in [0.25, 0.3) is 11.1 Å². The minimum atomic E-state index is -4.60. The van der Waals surface area contributed by atoms with Crippen LogP contribution in [0.4, 0.5) is 18.9 Å². The van der Waals surface area contributed by atoms with Gasteiger partial charge in [-0.2, -0.15) is 13.2 Å². The standard InChI is InChI=1S/C56H82ClF3N8O15/c1-64(55(74)46-6-8-49(57)48(42-46)47-7-9-52(63-43-47)56(58,59)60)50-4-2-3-5-51(50)83-25-10-53(71)62-12-27-76-29-31-78-33-35-80-37-39-82-41-40-81-38-36-79-34-32-77-30-28-75-26-11-61-45-68-19-16-66(22-24-70)14-13-65(21-23-69)15-17-67(18-20-68)44-54(72)73/h2-9,23-24,42-43,61H,10-22,25-41,44-45H2,1H3,(H,62,71)(H,72,73). The van der Waals surface area contributed by atoms with Crippen molar-refractivity contribution in [2.24, 2.45) is 0 Å². The van der Waals surface area contributed by atoms with Crippen LogP contribution in [-0.4, -0.2) is 271 Å². The fourth-order valence-corrected chi connectivity index (χ4v) is 8.28. The Morgan fingerprint density at radius 3 is 1.60 bits per heavy atom. The predicted molar refractivity (Wildman–Crippen MR) is 302 cm³/mol. The number of para-hydroxylation sites is 2. The molecule has 3 N–H and O–H groups in total. The van der Waals surface area contributed by atoms with Gasteiger partial charge in [0.1, 0.15) is 24.0 Å². The van der Waals surface area contributed by atoms with Crippen molar-refractivity contribution in [1.82, 2.24) is 35.2 Å². The highest BCUT2D eigenvalue weighted by Gasteiger charge is 2.32. The summed E-state index contributed by atoms with van der Waals surface area (Å²) < 4.78 is 89.5. The number of aldehydes is 2. The normalized spacial score (nSPS) is 14.4. The zero-order chi connectivity index (χ0) is 59.8. The quantitative estimate of drug-likeness (QED) is 0.0546. The van der Waals surface area contributed by atoms with Gasteiger partial charge in [-0.15, -0.1) is 0 Å². The third kappa shape index (κ3) is 30.4. The molecule has 1 aromatic heterocycles. The lowest BCUT2D eigenvalue weighted by molar-refractivity contribution is -0.141. The summed E-state index contributed by atoms with van der Waals surface area (Å²) in [4.78, 5) is 73.0. The van der Waals surface area contributed by atoms with E-state index < -0.39 is 23.7 Å². The first kappa shape index (κ1) is 70.2. The molecule has 23 nitrogen and oxygen atoms in total. The number of halogens is 4. The number of hydrogen-bond donors (Lipinski definition) is 3. The van der Waals surface area contributed by atoms with E-state index in [1.165, 1.54) is 29.2 Å². The van der Waals surface area contributed by atoms with Crippen molar-refractivity contribution in [2.75, 3.05) is 216 Å². The first-order chi connectivity index (χ1) is 40.3. The summed E-state index contributed by atoms with van der Waals surface area (Å²) >= 11 is 6.35. The van der Waals surface area contributed by atoms with E-state index >= 15 is 0 Å². The van der Waals surface area contributed by atoms with Gasteiger partial charge < -0.3 is 72.9 Å². The Bertz CT molecular complexity index is 2300. The number of alkyl halides is 3. The molecule has 0 bridgehead atoms. The Balaban J connectivity index is 0.893. The molecule has 1 aliphatic heterocycles. The Morgan fingerprint density at radius 1 is 0.639 bits per heavy atom. The molecule has 3 aromatic rings. The highest BCUT2D eigenvalue weighted by Crippen LogP contribution is 2.34. The van der Waals surface area contributed by atoms with Crippen molar-refractivity contribution >= 4 is 47.6 Å². The summed E-state index contributed by atoms with van der Waals surface area (Å²) in [5.74, 6) is -1.20. The van der Waals surface area contributed by atoms with Crippen molar-refractivity contribution < 1.29 is 84.9 Å². The Labute approximate surface area is 488 Å². The third-order valence-corrected chi connectivity index (χ3v) is 12.9. The molecule has 0 unspecified atom stereocenters. The fourth-order valence-electron chi connectivity index (χ4n) is 8.05. The first-order valence-corrected chi connectivity index (χ1v) is 28.1. The van der Waals surface area contributed by atoms with Gasteiger partial charge in [0, 0.05) is 107 Å². The van der Waals surface area contributed by atoms with Crippen LogP contribution in [0, 0.1) is 0 Å². The summed E-state index contributed by atoms with van der Waals surface area (Å²) in [6, 6.07) is 13.4. The first-order valence-electron chi connectivity index (χ1n) is 27.7. The van der Waals surface area contributed by atoms with Gasteiger partial charge in [0.2, 0.25) is 5.91 Å². The minimum absolute atomic E-state index is 0.0371. The van der Waals surface area contributed by atoms with E-state index in [4.69, 9.17) is 54.2 Å². The van der Waals surface area contributed by atoms with E-state index in [1.807, 2.05) is 9.80 Å². The smallest absolute Gasteiger partial charge is 0.433 e. The lowest BCUT2D eigenvalue weighted by Gasteiger charge is -2.33. The van der Waals surface area contributed by atoms with E-state index in [0.29, 0.717) is 200 Å². The summed E-state index contributed by atoms with van der Waals surface area (Å²) in [5, 5.41) is 15.8. The largest absolute Gasteiger partial charge is 0.491 e. The molecule has 0 radical (unpaired) electrons. The van der Waals surface area contributed by atoms with Crippen LogP contribution < -0.4 is 20.3 Å². The number of aliphatic carboxylic acids is 1. The van der Waals surface area contributed by atoms with Crippen LogP contribution in [0.1, 0.15) is 22.5 Å². The monoisotopic (exact) mass is 1200 g/mol. The van der Waals surface area contributed by atoms with Crippen LogP contribution in [0.3, 0.4) is 0 Å². The molecular formula is C56H82ClF3N8O15. The molecule has 0 spiro atoms. The Kier molecular flexibility index (Phi) is 35.9. The SMILES string of the molecule is CN(C(=O)c1ccc(Cl)c(-c2ccc(C(F)(F)F)nc2)c1)c1ccccc1OCCC(=O)NCCOCCOCCOCCOCCOCCOCCOCCOCCNCN1CCN(CC=O)CCN(CC=O)CCN(CC(=O)O)CC1. The molecule has 0 saturated carbocycles. The number of ether oxygens (including phenoxy) is 9. The number of carboxylic acids is 1. The van der Waals surface area contributed by atoms with Crippen LogP contribution in [0.2, 0.25) is 5.02 Å². The van der Waals surface area contributed by atoms with Crippen LogP contribution >= 0.6 is 11.6 Å². The van der Waals surface area contributed by atoms with Gasteiger partial charge >= 0.3 is 12.1 Å². The van der Waals surface area contributed by atoms with Crippen molar-refractivity contribution in [2.45, 2.75) is 12.6 Å². The Morgan fingerprint density at radius 2 is 1.12 bits per heavy atom. The number of pyridine rings is 1. The molecule has 2 aromatic carbocycles. The molecule has 1 fully saturated rings. The van der Waals surface area contributed by atoms with E-state index in [1.54, 1.807) is 31.3 Å². The lowest BCUT2D eigenvalue weighted by Crippen LogP contribution is -2.49. The number of aromatic nitrogens is 1. The number of carboxylic acid groups (broad SMARTS) is 1. The highest BCUT2D eigenvalue weighted by molar-refractivity contribution is 6.33. The molecule has 4 rings (SSSR count). The van der Waals surface area contributed by atoms with Crippen LogP contribution in [-0.2, 0) is 63.2 Å². The number of anilines is 1. The number of rotatable bonds is 42. The maximum absolute atomic E-state index is 13.6. The topological polar surface area (TPSA) is 242 Å². The second-order valence-corrected chi connectivity index (χ2v) is 19.1. The molecule has 0 atom stereocenters. The second kappa shape index (κ2) is 42.5. The van der Waals surface area contributed by atoms with E-state index in [2.05, 4.69) is 25.4 Å². The van der Waals surface area contributed by atoms with Gasteiger partial charge in [-0.05, 0) is 36.4 Å². The number of nitrogens with zero attached hydrogens (tertiary/aromatic N) is 6. The molecule has 1 aliphatic rings. The molecule has 27 heteroatoms. The number of nitrogens with one attached hydrogen (secondary N) is 2. The molecule has 464 valence electrons. The number of amides is 2. The minimum Gasteiger partial charge on any atom is -0.491 e.